The Morgan fingerprint density at radius 2 is 2.38 bits per heavy atom. The van der Waals surface area contributed by atoms with Gasteiger partial charge < -0.3 is 20.1 Å². The van der Waals surface area contributed by atoms with Crippen molar-refractivity contribution in [3.8, 4) is 0 Å². The molecule has 1 saturated heterocycles. The molecule has 1 amide bonds. The molecule has 5 nitrogen and oxygen atoms in total. The normalized spacial score (nSPS) is 26.8. The average Bonchev–Trinajstić information content (AvgIpc) is 2.63. The molecule has 1 fully saturated rings. The molecule has 1 heterocycles. The zero-order valence-electron chi connectivity index (χ0n) is 10.3. The van der Waals surface area contributed by atoms with E-state index in [1.807, 2.05) is 6.92 Å². The van der Waals surface area contributed by atoms with Crippen molar-refractivity contribution in [2.45, 2.75) is 25.5 Å². The Morgan fingerprint density at radius 1 is 1.69 bits per heavy atom. The Hall–Kier alpha value is -0.650. The number of hydrogen-bond donors (Lipinski definition) is 1. The topological polar surface area (TPSA) is 64.8 Å². The summed E-state index contributed by atoms with van der Waals surface area (Å²) in [6.07, 6.45) is 0.661. The summed E-state index contributed by atoms with van der Waals surface area (Å²) in [5.41, 5.74) is 5.80. The highest BCUT2D eigenvalue weighted by Crippen LogP contribution is 2.21. The van der Waals surface area contributed by atoms with Crippen LogP contribution in [0.25, 0.3) is 0 Å². The highest BCUT2D eigenvalue weighted by atomic mass is 16.5. The van der Waals surface area contributed by atoms with E-state index in [0.29, 0.717) is 25.7 Å². The first-order valence-corrected chi connectivity index (χ1v) is 5.67. The number of ether oxygens (including phenoxy) is 2. The van der Waals surface area contributed by atoms with Crippen LogP contribution < -0.4 is 5.73 Å². The number of hydrogen-bond acceptors (Lipinski definition) is 4. The molecule has 1 aliphatic heterocycles. The van der Waals surface area contributed by atoms with E-state index >= 15 is 0 Å². The van der Waals surface area contributed by atoms with Gasteiger partial charge in [0.15, 0.2) is 0 Å². The van der Waals surface area contributed by atoms with E-state index in [9.17, 15) is 4.79 Å². The number of methoxy groups -OCH3 is 1. The third-order valence-electron chi connectivity index (χ3n) is 2.90. The van der Waals surface area contributed by atoms with Gasteiger partial charge in [0.05, 0.1) is 6.61 Å². The van der Waals surface area contributed by atoms with Crippen LogP contribution in [0.4, 0.5) is 0 Å². The van der Waals surface area contributed by atoms with Gasteiger partial charge in [0.1, 0.15) is 6.10 Å². The molecule has 2 N–H and O–H groups in total. The van der Waals surface area contributed by atoms with Crippen LogP contribution in [-0.4, -0.2) is 56.9 Å². The lowest BCUT2D eigenvalue weighted by atomic mass is 10.0. The fraction of sp³-hybridized carbons (Fsp3) is 0.909. The molecule has 0 bridgehead atoms. The van der Waals surface area contributed by atoms with Crippen LogP contribution in [0, 0.1) is 5.92 Å². The quantitative estimate of drug-likeness (QED) is 0.713. The molecule has 0 spiro atoms. The van der Waals surface area contributed by atoms with Crippen molar-refractivity contribution in [2.24, 2.45) is 11.7 Å². The molecule has 0 saturated carbocycles. The van der Waals surface area contributed by atoms with Crippen molar-refractivity contribution in [1.82, 2.24) is 4.90 Å². The Kier molecular flexibility index (Phi) is 5.18. The maximum Gasteiger partial charge on any atom is 0.251 e. The number of rotatable bonds is 5. The fourth-order valence-corrected chi connectivity index (χ4v) is 1.94. The molecule has 0 radical (unpaired) electrons. The van der Waals surface area contributed by atoms with Crippen molar-refractivity contribution in [3.63, 3.8) is 0 Å². The number of likely N-dealkylation sites (N-methyl/N-ethyl adjacent to an activating group) is 1. The molecule has 3 unspecified atom stereocenters. The molecule has 5 heteroatoms. The highest BCUT2D eigenvalue weighted by Gasteiger charge is 2.33. The van der Waals surface area contributed by atoms with Crippen LogP contribution in [0.5, 0.6) is 0 Å². The van der Waals surface area contributed by atoms with Gasteiger partial charge >= 0.3 is 0 Å². The second-order valence-corrected chi connectivity index (χ2v) is 4.49. The molecule has 0 aliphatic carbocycles. The summed E-state index contributed by atoms with van der Waals surface area (Å²) in [5.74, 6) is 0.324. The summed E-state index contributed by atoms with van der Waals surface area (Å²) in [5, 5.41) is 0. The molecule has 0 aromatic rings. The Morgan fingerprint density at radius 3 is 2.88 bits per heavy atom. The molecular weight excluding hydrogens is 208 g/mol. The largest absolute Gasteiger partial charge is 0.383 e. The maximum atomic E-state index is 12.0. The zero-order chi connectivity index (χ0) is 12.1. The third-order valence-corrected chi connectivity index (χ3v) is 2.90. The van der Waals surface area contributed by atoms with E-state index in [1.165, 1.54) is 0 Å². The SMILES string of the molecule is COCC(N)CN(C)C(=O)C1OCCC1C. The van der Waals surface area contributed by atoms with Crippen LogP contribution in [0.3, 0.4) is 0 Å². The first-order chi connectivity index (χ1) is 7.56. The molecule has 94 valence electrons. The van der Waals surface area contributed by atoms with Gasteiger partial charge in [-0.1, -0.05) is 6.92 Å². The Balaban J connectivity index is 2.40. The van der Waals surface area contributed by atoms with E-state index < -0.39 is 0 Å². The molecule has 1 rings (SSSR count). The first kappa shape index (κ1) is 13.4. The standard InChI is InChI=1S/C11H22N2O3/c1-8-4-5-16-10(8)11(14)13(2)6-9(12)7-15-3/h8-10H,4-7,12H2,1-3H3. The number of nitrogens with two attached hydrogens (primary N) is 1. The van der Waals surface area contributed by atoms with Crippen molar-refractivity contribution in [3.05, 3.63) is 0 Å². The second-order valence-electron chi connectivity index (χ2n) is 4.49. The first-order valence-electron chi connectivity index (χ1n) is 5.67. The summed E-state index contributed by atoms with van der Waals surface area (Å²) < 4.78 is 10.4. The van der Waals surface area contributed by atoms with Crippen molar-refractivity contribution in [2.75, 3.05) is 33.9 Å². The van der Waals surface area contributed by atoms with Gasteiger partial charge in [-0.15, -0.1) is 0 Å². The smallest absolute Gasteiger partial charge is 0.251 e. The summed E-state index contributed by atoms with van der Waals surface area (Å²) in [4.78, 5) is 13.6. The third kappa shape index (κ3) is 3.43. The average molecular weight is 230 g/mol. The van der Waals surface area contributed by atoms with Crippen LogP contribution >= 0.6 is 0 Å². The molecule has 0 aromatic carbocycles. The molecule has 1 aliphatic rings. The van der Waals surface area contributed by atoms with E-state index in [-0.39, 0.29) is 18.1 Å². The maximum absolute atomic E-state index is 12.0. The van der Waals surface area contributed by atoms with Gasteiger partial charge in [0, 0.05) is 33.4 Å². The van der Waals surface area contributed by atoms with Gasteiger partial charge in [0.25, 0.3) is 5.91 Å². The number of amides is 1. The summed E-state index contributed by atoms with van der Waals surface area (Å²) >= 11 is 0. The predicted molar refractivity (Wildman–Crippen MR) is 61.0 cm³/mol. The van der Waals surface area contributed by atoms with Gasteiger partial charge in [-0.2, -0.15) is 0 Å². The van der Waals surface area contributed by atoms with Crippen LogP contribution in [0.1, 0.15) is 13.3 Å². The summed E-state index contributed by atoms with van der Waals surface area (Å²) in [6.45, 7) is 3.67. The molecular formula is C11H22N2O3. The minimum Gasteiger partial charge on any atom is -0.383 e. The fourth-order valence-electron chi connectivity index (χ4n) is 1.94. The Bertz CT molecular complexity index is 235. The summed E-state index contributed by atoms with van der Waals surface area (Å²) in [7, 11) is 3.36. The minimum absolute atomic E-state index is 0.0246. The van der Waals surface area contributed by atoms with Crippen LogP contribution in [0.15, 0.2) is 0 Å². The summed E-state index contributed by atoms with van der Waals surface area (Å²) in [6, 6.07) is -0.143. The van der Waals surface area contributed by atoms with E-state index in [2.05, 4.69) is 0 Å². The predicted octanol–water partition coefficient (Wildman–Crippen LogP) is -0.156. The van der Waals surface area contributed by atoms with Crippen molar-refractivity contribution in [1.29, 1.82) is 0 Å². The van der Waals surface area contributed by atoms with Crippen molar-refractivity contribution >= 4 is 5.91 Å². The van der Waals surface area contributed by atoms with Crippen LogP contribution in [0.2, 0.25) is 0 Å². The number of carbonyl (C=O) groups excluding carboxylic acids is 1. The Labute approximate surface area is 96.9 Å². The van der Waals surface area contributed by atoms with E-state index in [1.54, 1.807) is 19.1 Å². The highest BCUT2D eigenvalue weighted by molar-refractivity contribution is 5.81. The zero-order valence-corrected chi connectivity index (χ0v) is 10.3. The molecule has 3 atom stereocenters. The van der Waals surface area contributed by atoms with Gasteiger partial charge in [-0.05, 0) is 12.3 Å². The number of carbonyl (C=O) groups is 1. The minimum atomic E-state index is -0.292. The van der Waals surface area contributed by atoms with Gasteiger partial charge in [-0.3, -0.25) is 4.79 Å². The lowest BCUT2D eigenvalue weighted by molar-refractivity contribution is -0.141. The van der Waals surface area contributed by atoms with E-state index in [4.69, 9.17) is 15.2 Å². The van der Waals surface area contributed by atoms with Crippen molar-refractivity contribution < 1.29 is 14.3 Å². The lowest BCUT2D eigenvalue weighted by Gasteiger charge is -2.25. The monoisotopic (exact) mass is 230 g/mol. The second kappa shape index (κ2) is 6.18. The molecule has 16 heavy (non-hydrogen) atoms. The van der Waals surface area contributed by atoms with Gasteiger partial charge in [-0.25, -0.2) is 0 Å². The molecule has 0 aromatic heterocycles. The van der Waals surface area contributed by atoms with E-state index in [0.717, 1.165) is 6.42 Å². The lowest BCUT2D eigenvalue weighted by Crippen LogP contribution is -2.45. The number of nitrogens with zero attached hydrogens (tertiary/aromatic N) is 1. The van der Waals surface area contributed by atoms with Crippen LogP contribution in [-0.2, 0) is 14.3 Å². The van der Waals surface area contributed by atoms with Gasteiger partial charge in [0.2, 0.25) is 0 Å².